The van der Waals surface area contributed by atoms with Crippen molar-refractivity contribution in [3.63, 3.8) is 0 Å². The van der Waals surface area contributed by atoms with Crippen molar-refractivity contribution >= 4 is 22.6 Å². The zero-order valence-electron chi connectivity index (χ0n) is 14.9. The van der Waals surface area contributed by atoms with E-state index in [0.717, 1.165) is 28.8 Å². The van der Waals surface area contributed by atoms with Crippen molar-refractivity contribution < 1.29 is 9.53 Å². The molecule has 0 unspecified atom stereocenters. The molecule has 0 spiro atoms. The summed E-state index contributed by atoms with van der Waals surface area (Å²) in [5.41, 5.74) is 2.46. The van der Waals surface area contributed by atoms with E-state index < -0.39 is 0 Å². The molecule has 1 N–H and O–H groups in total. The van der Waals surface area contributed by atoms with Gasteiger partial charge in [0.2, 0.25) is 0 Å². The number of likely N-dealkylation sites (N-methyl/N-ethyl adjacent to an activating group) is 1. The molecule has 0 radical (unpaired) electrons. The van der Waals surface area contributed by atoms with Crippen molar-refractivity contribution in [2.24, 2.45) is 0 Å². The molecule has 1 heterocycles. The summed E-state index contributed by atoms with van der Waals surface area (Å²) in [5.74, 6) is 0. The number of hydrogen-bond acceptors (Lipinski definition) is 4. The molecule has 0 aliphatic carbocycles. The van der Waals surface area contributed by atoms with E-state index >= 15 is 0 Å². The van der Waals surface area contributed by atoms with Crippen LogP contribution in [0, 0.1) is 6.92 Å². The van der Waals surface area contributed by atoms with E-state index in [2.05, 4.69) is 15.2 Å². The minimum Gasteiger partial charge on any atom is -0.383 e. The number of amides is 2. The maximum atomic E-state index is 12.7. The Hall–Kier alpha value is -2.18. The number of hydrogen-bond donors (Lipinski definition) is 1. The lowest BCUT2D eigenvalue weighted by atomic mass is 10.2. The van der Waals surface area contributed by atoms with Gasteiger partial charge in [0, 0.05) is 37.8 Å². The van der Waals surface area contributed by atoms with Gasteiger partial charge in [0.25, 0.3) is 0 Å². The summed E-state index contributed by atoms with van der Waals surface area (Å²) >= 11 is 0. The van der Waals surface area contributed by atoms with Crippen molar-refractivity contribution in [1.29, 1.82) is 0 Å². The molecule has 0 atom stereocenters. The van der Waals surface area contributed by atoms with E-state index in [0.29, 0.717) is 19.7 Å². The highest BCUT2D eigenvalue weighted by molar-refractivity contribution is 5.99. The number of carbonyl (C=O) groups is 1. The van der Waals surface area contributed by atoms with E-state index in [1.54, 1.807) is 12.0 Å². The lowest BCUT2D eigenvalue weighted by molar-refractivity contribution is 0.151. The minimum atomic E-state index is -0.135. The number of fused-ring (bicyclic) bond motifs is 1. The number of ether oxygens (including phenoxy) is 1. The summed E-state index contributed by atoms with van der Waals surface area (Å²) in [7, 11) is 5.62. The predicted octanol–water partition coefficient (Wildman–Crippen LogP) is 2.59. The highest BCUT2D eigenvalue weighted by atomic mass is 16.5. The second kappa shape index (κ2) is 8.61. The van der Waals surface area contributed by atoms with E-state index in [4.69, 9.17) is 4.74 Å². The van der Waals surface area contributed by atoms with Crippen LogP contribution >= 0.6 is 0 Å². The summed E-state index contributed by atoms with van der Waals surface area (Å²) in [6.07, 6.45) is 0. The average Bonchev–Trinajstić information content (AvgIpc) is 2.55. The molecular weight excluding hydrogens is 304 g/mol. The van der Waals surface area contributed by atoms with Crippen LogP contribution in [-0.2, 0) is 4.74 Å². The largest absolute Gasteiger partial charge is 0.383 e. The zero-order valence-corrected chi connectivity index (χ0v) is 14.9. The van der Waals surface area contributed by atoms with Crippen molar-refractivity contribution in [2.45, 2.75) is 6.92 Å². The van der Waals surface area contributed by atoms with Crippen molar-refractivity contribution in [3.05, 3.63) is 36.0 Å². The molecule has 130 valence electrons. The Morgan fingerprint density at radius 2 is 1.96 bits per heavy atom. The van der Waals surface area contributed by atoms with Crippen molar-refractivity contribution in [2.75, 3.05) is 52.8 Å². The van der Waals surface area contributed by atoms with Crippen LogP contribution in [0.2, 0.25) is 0 Å². The van der Waals surface area contributed by atoms with Crippen LogP contribution in [0.15, 0.2) is 30.3 Å². The number of methoxy groups -OCH3 is 1. The lowest BCUT2D eigenvalue weighted by Crippen LogP contribution is -2.41. The number of nitrogens with zero attached hydrogens (tertiary/aromatic N) is 3. The molecular formula is C18H26N4O2. The number of rotatable bonds is 7. The second-order valence-electron chi connectivity index (χ2n) is 6.04. The molecule has 0 aliphatic rings. The Balaban J connectivity index is 2.17. The van der Waals surface area contributed by atoms with Crippen LogP contribution in [0.25, 0.3) is 10.9 Å². The number of pyridine rings is 1. The molecule has 2 rings (SSSR count). The molecule has 0 bridgehead atoms. The highest BCUT2D eigenvalue weighted by Crippen LogP contribution is 2.22. The molecule has 6 heteroatoms. The quantitative estimate of drug-likeness (QED) is 0.848. The van der Waals surface area contributed by atoms with Crippen LogP contribution in [0.3, 0.4) is 0 Å². The molecule has 6 nitrogen and oxygen atoms in total. The maximum absolute atomic E-state index is 12.7. The molecule has 0 aliphatic heterocycles. The van der Waals surface area contributed by atoms with E-state index in [-0.39, 0.29) is 6.03 Å². The van der Waals surface area contributed by atoms with Gasteiger partial charge in [-0.3, -0.25) is 4.98 Å². The maximum Gasteiger partial charge on any atom is 0.322 e. The standard InChI is InChI=1S/C18H26N4O2/c1-14-8-9-15-6-5-7-16(17(15)19-14)20-18(23)22(12-13-24-4)11-10-21(2)3/h5-9H,10-13H2,1-4H3,(H,20,23). The Morgan fingerprint density at radius 3 is 2.67 bits per heavy atom. The second-order valence-corrected chi connectivity index (χ2v) is 6.04. The summed E-state index contributed by atoms with van der Waals surface area (Å²) in [6, 6.07) is 9.65. The molecule has 1 aromatic heterocycles. The Kier molecular flexibility index (Phi) is 6.52. The SMILES string of the molecule is COCCN(CCN(C)C)C(=O)Nc1cccc2ccc(C)nc12. The van der Waals surface area contributed by atoms with Gasteiger partial charge >= 0.3 is 6.03 Å². The highest BCUT2D eigenvalue weighted by Gasteiger charge is 2.15. The van der Waals surface area contributed by atoms with Crippen LogP contribution in [0.4, 0.5) is 10.5 Å². The number of aromatic nitrogens is 1. The number of nitrogens with one attached hydrogen (secondary N) is 1. The number of anilines is 1. The smallest absolute Gasteiger partial charge is 0.322 e. The summed E-state index contributed by atoms with van der Waals surface area (Å²) in [5, 5.41) is 4.00. The van der Waals surface area contributed by atoms with Gasteiger partial charge < -0.3 is 19.9 Å². The fourth-order valence-electron chi connectivity index (χ4n) is 2.38. The Labute approximate surface area is 143 Å². The van der Waals surface area contributed by atoms with Gasteiger partial charge in [-0.25, -0.2) is 4.79 Å². The number of aryl methyl sites for hydroxylation is 1. The predicted molar refractivity (Wildman–Crippen MR) is 97.5 cm³/mol. The number of carbonyl (C=O) groups excluding carboxylic acids is 1. The normalized spacial score (nSPS) is 11.0. The molecule has 1 aromatic carbocycles. The molecule has 0 fully saturated rings. The third-order valence-electron chi connectivity index (χ3n) is 3.77. The zero-order chi connectivity index (χ0) is 17.5. The van der Waals surface area contributed by atoms with E-state index in [9.17, 15) is 4.79 Å². The van der Waals surface area contributed by atoms with Crippen LogP contribution < -0.4 is 5.32 Å². The van der Waals surface area contributed by atoms with Crippen LogP contribution in [0.1, 0.15) is 5.69 Å². The molecule has 2 amide bonds. The minimum absolute atomic E-state index is 0.135. The van der Waals surface area contributed by atoms with Gasteiger partial charge in [-0.15, -0.1) is 0 Å². The Bertz CT molecular complexity index is 688. The Morgan fingerprint density at radius 1 is 1.17 bits per heavy atom. The first kappa shape index (κ1) is 18.2. The third-order valence-corrected chi connectivity index (χ3v) is 3.77. The summed E-state index contributed by atoms with van der Waals surface area (Å²) in [4.78, 5) is 21.0. The fourth-order valence-corrected chi connectivity index (χ4v) is 2.38. The first-order valence-electron chi connectivity index (χ1n) is 8.07. The van der Waals surface area contributed by atoms with Crippen LogP contribution in [-0.4, -0.2) is 68.3 Å². The number of urea groups is 1. The molecule has 0 saturated heterocycles. The van der Waals surface area contributed by atoms with Gasteiger partial charge in [0.15, 0.2) is 0 Å². The third kappa shape index (κ3) is 4.91. The first-order chi connectivity index (χ1) is 11.5. The first-order valence-corrected chi connectivity index (χ1v) is 8.07. The monoisotopic (exact) mass is 330 g/mol. The average molecular weight is 330 g/mol. The van der Waals surface area contributed by atoms with Crippen LogP contribution in [0.5, 0.6) is 0 Å². The van der Waals surface area contributed by atoms with Gasteiger partial charge in [0.05, 0.1) is 17.8 Å². The number of benzene rings is 1. The lowest BCUT2D eigenvalue weighted by Gasteiger charge is -2.24. The van der Waals surface area contributed by atoms with Gasteiger partial charge in [-0.2, -0.15) is 0 Å². The van der Waals surface area contributed by atoms with Crippen molar-refractivity contribution in [1.82, 2.24) is 14.8 Å². The fraction of sp³-hybridized carbons (Fsp3) is 0.444. The molecule has 0 saturated carbocycles. The molecule has 24 heavy (non-hydrogen) atoms. The number of para-hydroxylation sites is 1. The summed E-state index contributed by atoms with van der Waals surface area (Å²) in [6.45, 7) is 4.44. The summed E-state index contributed by atoms with van der Waals surface area (Å²) < 4.78 is 5.12. The topological polar surface area (TPSA) is 57.7 Å². The van der Waals surface area contributed by atoms with E-state index in [1.807, 2.05) is 51.4 Å². The molecule has 2 aromatic rings. The van der Waals surface area contributed by atoms with Gasteiger partial charge in [-0.1, -0.05) is 18.2 Å². The van der Waals surface area contributed by atoms with Gasteiger partial charge in [-0.05, 0) is 33.2 Å². The van der Waals surface area contributed by atoms with Gasteiger partial charge in [0.1, 0.15) is 0 Å². The van der Waals surface area contributed by atoms with E-state index in [1.165, 1.54) is 0 Å². The van der Waals surface area contributed by atoms with Crippen molar-refractivity contribution in [3.8, 4) is 0 Å².